The van der Waals surface area contributed by atoms with Gasteiger partial charge in [-0.25, -0.2) is 8.42 Å². The molecule has 0 aliphatic carbocycles. The zero-order valence-corrected chi connectivity index (χ0v) is 22.5. The normalized spacial score (nSPS) is 14.4. The Bertz CT molecular complexity index is 1410. The zero-order valence-electron chi connectivity index (χ0n) is 17.7. The first-order valence-electron chi connectivity index (χ1n) is 9.91. The average molecular weight is 623 g/mol. The Labute approximate surface area is 218 Å². The monoisotopic (exact) mass is 621 g/mol. The Morgan fingerprint density at radius 2 is 1.74 bits per heavy atom. The number of ether oxygens (including phenoxy) is 1. The number of thioether (sulfide) groups is 1. The average Bonchev–Trinajstić information content (AvgIpc) is 2.77. The Morgan fingerprint density at radius 3 is 2.38 bits per heavy atom. The van der Waals surface area contributed by atoms with Crippen molar-refractivity contribution in [3.63, 3.8) is 0 Å². The smallest absolute Gasteiger partial charge is 0.308 e. The van der Waals surface area contributed by atoms with Crippen molar-refractivity contribution in [3.05, 3.63) is 85.6 Å². The maximum atomic E-state index is 13.1. The number of amides is 1. The van der Waals surface area contributed by atoms with Crippen LogP contribution in [-0.2, 0) is 25.2 Å². The van der Waals surface area contributed by atoms with Crippen LogP contribution in [0.5, 0.6) is 5.75 Å². The van der Waals surface area contributed by atoms with Crippen molar-refractivity contribution >= 4 is 77.1 Å². The Kier molecular flexibility index (Phi) is 7.32. The second-order valence-electron chi connectivity index (χ2n) is 7.34. The predicted octanol–water partition coefficient (Wildman–Crippen LogP) is 6.20. The molecule has 0 atom stereocenters. The summed E-state index contributed by atoms with van der Waals surface area (Å²) in [6, 6.07) is 16.9. The molecule has 1 aliphatic heterocycles. The highest BCUT2D eigenvalue weighted by Crippen LogP contribution is 2.40. The van der Waals surface area contributed by atoms with Crippen LogP contribution < -0.4 is 10.1 Å². The minimum absolute atomic E-state index is 0.128. The molecule has 6 nitrogen and oxygen atoms in total. The van der Waals surface area contributed by atoms with Gasteiger partial charge in [-0.3, -0.25) is 9.59 Å². The lowest BCUT2D eigenvalue weighted by Crippen LogP contribution is -2.18. The van der Waals surface area contributed by atoms with Crippen LogP contribution in [0.3, 0.4) is 0 Å². The van der Waals surface area contributed by atoms with E-state index >= 15 is 0 Å². The van der Waals surface area contributed by atoms with Crippen molar-refractivity contribution in [2.45, 2.75) is 22.5 Å². The molecule has 0 saturated heterocycles. The van der Waals surface area contributed by atoms with Gasteiger partial charge in [0.25, 0.3) is 5.91 Å². The van der Waals surface area contributed by atoms with E-state index in [1.165, 1.54) is 24.8 Å². The maximum absolute atomic E-state index is 13.1. The molecule has 1 aliphatic rings. The van der Waals surface area contributed by atoms with Crippen molar-refractivity contribution in [1.29, 1.82) is 0 Å². The molecular formula is C24H17Br2NO5S2. The van der Waals surface area contributed by atoms with E-state index in [4.69, 9.17) is 4.74 Å². The topological polar surface area (TPSA) is 89.5 Å². The van der Waals surface area contributed by atoms with Gasteiger partial charge >= 0.3 is 5.97 Å². The van der Waals surface area contributed by atoms with E-state index in [1.807, 2.05) is 6.07 Å². The third-order valence-electron chi connectivity index (χ3n) is 4.84. The summed E-state index contributed by atoms with van der Waals surface area (Å²) in [7, 11) is -3.66. The molecule has 1 heterocycles. The highest BCUT2D eigenvalue weighted by molar-refractivity contribution is 9.11. The van der Waals surface area contributed by atoms with E-state index < -0.39 is 15.8 Å². The number of sulfone groups is 1. The molecule has 34 heavy (non-hydrogen) atoms. The molecule has 0 fully saturated rings. The first kappa shape index (κ1) is 24.7. The number of nitrogens with one attached hydrogen (secondary N) is 1. The van der Waals surface area contributed by atoms with Gasteiger partial charge in [0.05, 0.1) is 21.2 Å². The molecule has 10 heteroatoms. The van der Waals surface area contributed by atoms with Crippen molar-refractivity contribution in [3.8, 4) is 5.75 Å². The number of hydrogen-bond acceptors (Lipinski definition) is 6. The number of anilines is 1. The minimum atomic E-state index is -3.66. The molecule has 0 spiro atoms. The minimum Gasteiger partial charge on any atom is -0.427 e. The van der Waals surface area contributed by atoms with Crippen LogP contribution >= 0.6 is 43.6 Å². The van der Waals surface area contributed by atoms with Crippen LogP contribution in [0, 0.1) is 0 Å². The molecule has 1 N–H and O–H groups in total. The summed E-state index contributed by atoms with van der Waals surface area (Å²) in [6.07, 6.45) is 1.72. The largest absolute Gasteiger partial charge is 0.427 e. The van der Waals surface area contributed by atoms with Crippen molar-refractivity contribution in [2.24, 2.45) is 0 Å². The summed E-state index contributed by atoms with van der Waals surface area (Å²) in [4.78, 5) is 25.1. The number of carbonyl (C=O) groups is 2. The molecule has 3 aromatic carbocycles. The molecule has 0 saturated carbocycles. The lowest BCUT2D eigenvalue weighted by atomic mass is 10.2. The second-order valence-corrected chi connectivity index (χ2v) is 12.1. The van der Waals surface area contributed by atoms with Crippen molar-refractivity contribution in [1.82, 2.24) is 0 Å². The molecule has 0 unspecified atom stereocenters. The number of carbonyl (C=O) groups excluding carboxylic acids is 2. The first-order valence-corrected chi connectivity index (χ1v) is 14.0. The van der Waals surface area contributed by atoms with Gasteiger partial charge < -0.3 is 10.1 Å². The molecule has 1 amide bonds. The Balaban J connectivity index is 1.56. The SMILES string of the molecule is CC(=O)Oc1ccc(C=C2Sc3ccc(S(=O)(=O)Cc4c(Br)cccc4Br)cc3NC2=O)cc1. The van der Waals surface area contributed by atoms with Gasteiger partial charge in [0.2, 0.25) is 0 Å². The van der Waals surface area contributed by atoms with E-state index in [-0.39, 0.29) is 16.6 Å². The molecule has 0 bridgehead atoms. The van der Waals surface area contributed by atoms with E-state index in [2.05, 4.69) is 37.2 Å². The van der Waals surface area contributed by atoms with Crippen LogP contribution in [0.15, 0.2) is 84.3 Å². The zero-order chi connectivity index (χ0) is 24.5. The summed E-state index contributed by atoms with van der Waals surface area (Å²) >= 11 is 8.07. The van der Waals surface area contributed by atoms with Crippen LogP contribution in [-0.4, -0.2) is 20.3 Å². The quantitative estimate of drug-likeness (QED) is 0.207. The number of halogens is 2. The van der Waals surface area contributed by atoms with Gasteiger partial charge in [0.15, 0.2) is 9.84 Å². The van der Waals surface area contributed by atoms with Crippen molar-refractivity contribution < 1.29 is 22.7 Å². The Morgan fingerprint density at radius 1 is 1.06 bits per heavy atom. The number of hydrogen-bond donors (Lipinski definition) is 1. The lowest BCUT2D eigenvalue weighted by Gasteiger charge is -2.19. The summed E-state index contributed by atoms with van der Waals surface area (Å²) in [5.74, 6) is -0.507. The predicted molar refractivity (Wildman–Crippen MR) is 139 cm³/mol. The van der Waals surface area contributed by atoms with E-state index in [1.54, 1.807) is 54.6 Å². The van der Waals surface area contributed by atoms with E-state index in [9.17, 15) is 18.0 Å². The molecule has 0 aromatic heterocycles. The highest BCUT2D eigenvalue weighted by atomic mass is 79.9. The number of benzene rings is 3. The third-order valence-corrected chi connectivity index (χ3v) is 9.06. The van der Waals surface area contributed by atoms with Gasteiger partial charge in [-0.2, -0.15) is 0 Å². The number of rotatable bonds is 5. The fourth-order valence-electron chi connectivity index (χ4n) is 3.23. The fourth-order valence-corrected chi connectivity index (χ4v) is 7.24. The highest BCUT2D eigenvalue weighted by Gasteiger charge is 2.25. The molecule has 3 aromatic rings. The van der Waals surface area contributed by atoms with E-state index in [0.29, 0.717) is 30.9 Å². The van der Waals surface area contributed by atoms with Gasteiger partial charge in [-0.1, -0.05) is 61.8 Å². The second kappa shape index (κ2) is 10.1. The summed E-state index contributed by atoms with van der Waals surface area (Å²) in [6.45, 7) is 1.33. The maximum Gasteiger partial charge on any atom is 0.308 e. The Hall–Kier alpha value is -2.40. The summed E-state index contributed by atoms with van der Waals surface area (Å²) in [5.41, 5.74) is 1.84. The molecule has 0 radical (unpaired) electrons. The van der Waals surface area contributed by atoms with Gasteiger partial charge in [0, 0.05) is 20.8 Å². The van der Waals surface area contributed by atoms with Gasteiger partial charge in [-0.05, 0) is 59.7 Å². The van der Waals surface area contributed by atoms with Gasteiger partial charge in [0.1, 0.15) is 5.75 Å². The number of fused-ring (bicyclic) bond motifs is 1. The standard InChI is InChI=1S/C24H17Br2NO5S2/c1-14(28)32-16-7-5-15(6-8-16)11-23-24(29)27-21-12-17(9-10-22(21)33-23)34(30,31)13-18-19(25)3-2-4-20(18)26/h2-12H,13H2,1H3,(H,27,29). The third kappa shape index (κ3) is 5.63. The van der Waals surface area contributed by atoms with Crippen molar-refractivity contribution in [2.75, 3.05) is 5.32 Å². The first-order chi connectivity index (χ1) is 16.1. The fraction of sp³-hybridized carbons (Fsp3) is 0.0833. The molecular weight excluding hydrogens is 606 g/mol. The van der Waals surface area contributed by atoms with Crippen LogP contribution in [0.1, 0.15) is 18.1 Å². The van der Waals surface area contributed by atoms with E-state index in [0.717, 1.165) is 10.5 Å². The summed E-state index contributed by atoms with van der Waals surface area (Å²) in [5, 5.41) is 2.79. The summed E-state index contributed by atoms with van der Waals surface area (Å²) < 4.78 is 32.6. The number of esters is 1. The van der Waals surface area contributed by atoms with Crippen LogP contribution in [0.4, 0.5) is 5.69 Å². The lowest BCUT2D eigenvalue weighted by molar-refractivity contribution is -0.131. The molecule has 174 valence electrons. The van der Waals surface area contributed by atoms with Crippen LogP contribution in [0.25, 0.3) is 6.08 Å². The van der Waals surface area contributed by atoms with Crippen LogP contribution in [0.2, 0.25) is 0 Å². The molecule has 4 rings (SSSR count). The van der Waals surface area contributed by atoms with Gasteiger partial charge in [-0.15, -0.1) is 0 Å².